The summed E-state index contributed by atoms with van der Waals surface area (Å²) < 4.78 is 9.37. The summed E-state index contributed by atoms with van der Waals surface area (Å²) in [4.78, 5) is 0. The van der Waals surface area contributed by atoms with Crippen molar-refractivity contribution in [2.75, 3.05) is 0 Å². The quantitative estimate of drug-likeness (QED) is 0.173. The van der Waals surface area contributed by atoms with E-state index >= 15 is 0 Å². The molecule has 1 aliphatic heterocycles. The van der Waals surface area contributed by atoms with Crippen LogP contribution in [-0.4, -0.2) is 0 Å². The maximum Gasteiger partial charge on any atom is 0.228 e. The van der Waals surface area contributed by atoms with Crippen molar-refractivity contribution in [1.82, 2.24) is 0 Å². The van der Waals surface area contributed by atoms with Gasteiger partial charge in [0.2, 0.25) is 5.69 Å². The van der Waals surface area contributed by atoms with Gasteiger partial charge in [0, 0.05) is 17.0 Å². The summed E-state index contributed by atoms with van der Waals surface area (Å²) in [6.07, 6.45) is 5.35. The lowest BCUT2D eigenvalue weighted by molar-refractivity contribution is -0.659. The van der Waals surface area contributed by atoms with Crippen LogP contribution < -0.4 is 9.30 Å². The van der Waals surface area contributed by atoms with Crippen molar-refractivity contribution in [3.8, 4) is 22.8 Å². The van der Waals surface area contributed by atoms with Gasteiger partial charge in [-0.1, -0.05) is 84.0 Å². The number of pyridine rings is 1. The molecule has 0 spiro atoms. The Morgan fingerprint density at radius 2 is 1.47 bits per heavy atom. The highest BCUT2D eigenvalue weighted by molar-refractivity contribution is 6.16. The fourth-order valence-electron chi connectivity index (χ4n) is 6.36. The van der Waals surface area contributed by atoms with E-state index in [1.54, 1.807) is 0 Å². The number of ether oxygens (including phenoxy) is 1. The lowest BCUT2D eigenvalue weighted by Crippen LogP contribution is -2.32. The molecule has 1 aliphatic rings. The Hall–Kier alpha value is -3.39. The Kier molecular flexibility index (Phi) is 5.61. The van der Waals surface area contributed by atoms with E-state index in [1.165, 1.54) is 60.3 Å². The van der Waals surface area contributed by atoms with E-state index in [0.717, 1.165) is 30.8 Å². The molecular weight excluding hydrogens is 462 g/mol. The molecule has 0 unspecified atom stereocenters. The second-order valence-corrected chi connectivity index (χ2v) is 13.7. The molecule has 0 aliphatic carbocycles. The third-order valence-electron chi connectivity index (χ3n) is 8.16. The van der Waals surface area contributed by atoms with Gasteiger partial charge in [-0.2, -0.15) is 0 Å². The van der Waals surface area contributed by atoms with E-state index < -0.39 is 0 Å². The Bertz CT molecular complexity index is 1740. The Morgan fingerprint density at radius 1 is 0.763 bits per heavy atom. The van der Waals surface area contributed by atoms with Crippen molar-refractivity contribution < 1.29 is 9.30 Å². The molecule has 0 bridgehead atoms. The molecule has 0 amide bonds. The summed E-state index contributed by atoms with van der Waals surface area (Å²) in [6, 6.07) is 20.3. The van der Waals surface area contributed by atoms with Gasteiger partial charge < -0.3 is 4.74 Å². The van der Waals surface area contributed by atoms with Crippen molar-refractivity contribution in [2.45, 2.75) is 67.7 Å². The first-order chi connectivity index (χ1) is 17.9. The topological polar surface area (TPSA) is 13.1 Å². The van der Waals surface area contributed by atoms with Gasteiger partial charge in [0.1, 0.15) is 18.5 Å². The first-order valence-electron chi connectivity index (χ1n) is 14.0. The standard InChI is InChI=1S/C36H40NO/c1-22-24-13-9-10-14-25(24)28(16-18-35(2,3)4)34-31(22)33-32-27(17-19-37(33)8)26-15-11-12-23(21-36(5,6)7)29(26)20-30(32)38-34/h9-15,17,19-20H,16,18,21H2,1-8H3/q+1. The highest BCUT2D eigenvalue weighted by Crippen LogP contribution is 2.52. The van der Waals surface area contributed by atoms with Gasteiger partial charge in [-0.25, -0.2) is 4.57 Å². The first-order valence-corrected chi connectivity index (χ1v) is 14.0. The molecule has 6 rings (SSSR count). The highest BCUT2D eigenvalue weighted by atomic mass is 16.5. The summed E-state index contributed by atoms with van der Waals surface area (Å²) in [5.74, 6) is 2.04. The second kappa shape index (κ2) is 8.56. The Labute approximate surface area is 227 Å². The largest absolute Gasteiger partial charge is 0.455 e. The number of hydrogen-bond acceptors (Lipinski definition) is 1. The maximum atomic E-state index is 7.07. The lowest BCUT2D eigenvalue weighted by atomic mass is 9.82. The van der Waals surface area contributed by atoms with Gasteiger partial charge in [0.05, 0.1) is 10.9 Å². The third-order valence-corrected chi connectivity index (χ3v) is 8.16. The van der Waals surface area contributed by atoms with E-state index in [9.17, 15) is 0 Å². The van der Waals surface area contributed by atoms with Gasteiger partial charge in [0.25, 0.3) is 0 Å². The molecule has 2 heteroatoms. The van der Waals surface area contributed by atoms with Crippen molar-refractivity contribution in [3.63, 3.8) is 0 Å². The van der Waals surface area contributed by atoms with Crippen molar-refractivity contribution in [2.24, 2.45) is 17.9 Å². The van der Waals surface area contributed by atoms with Gasteiger partial charge in [-0.05, 0) is 75.8 Å². The molecule has 0 saturated heterocycles. The van der Waals surface area contributed by atoms with E-state index in [1.807, 2.05) is 0 Å². The normalized spacial score (nSPS) is 13.3. The molecule has 194 valence electrons. The molecule has 1 aromatic heterocycles. The number of hydrogen-bond donors (Lipinski definition) is 0. The van der Waals surface area contributed by atoms with E-state index in [4.69, 9.17) is 4.74 Å². The fourth-order valence-corrected chi connectivity index (χ4v) is 6.36. The molecule has 0 radical (unpaired) electrons. The van der Waals surface area contributed by atoms with Crippen LogP contribution in [0.25, 0.3) is 43.6 Å². The number of aromatic nitrogens is 1. The van der Waals surface area contributed by atoms with Crippen LogP contribution in [-0.2, 0) is 19.9 Å². The van der Waals surface area contributed by atoms with Crippen LogP contribution in [0.3, 0.4) is 0 Å². The predicted molar refractivity (Wildman–Crippen MR) is 161 cm³/mol. The molecule has 0 fully saturated rings. The fraction of sp³-hybridized carbons (Fsp3) is 0.361. The first kappa shape index (κ1) is 24.9. The molecule has 0 N–H and O–H groups in total. The minimum atomic E-state index is 0.207. The Morgan fingerprint density at radius 3 is 2.18 bits per heavy atom. The average molecular weight is 503 g/mol. The monoisotopic (exact) mass is 502 g/mol. The molecule has 5 aromatic rings. The summed E-state index contributed by atoms with van der Waals surface area (Å²) in [7, 11) is 2.18. The molecule has 4 aromatic carbocycles. The molecule has 0 saturated carbocycles. The van der Waals surface area contributed by atoms with Gasteiger partial charge >= 0.3 is 0 Å². The van der Waals surface area contributed by atoms with Gasteiger partial charge in [-0.15, -0.1) is 0 Å². The molecular formula is C36H40NO+. The summed E-state index contributed by atoms with van der Waals surface area (Å²) in [5.41, 5.74) is 6.99. The van der Waals surface area contributed by atoms with Crippen LogP contribution in [0.5, 0.6) is 11.5 Å². The number of benzene rings is 4. The summed E-state index contributed by atoms with van der Waals surface area (Å²) in [5, 5.41) is 7.76. The minimum absolute atomic E-state index is 0.207. The second-order valence-electron chi connectivity index (χ2n) is 13.7. The maximum absolute atomic E-state index is 7.07. The smallest absolute Gasteiger partial charge is 0.228 e. The van der Waals surface area contributed by atoms with Crippen LogP contribution in [0, 0.1) is 17.8 Å². The number of rotatable bonds is 3. The zero-order valence-electron chi connectivity index (χ0n) is 24.3. The SMILES string of the molecule is Cc1c2c(c(CCC(C)(C)C)c3ccccc13)Oc1cc3c(CC(C)(C)C)cccc3c3cc[n+](C)c-2c13. The zero-order valence-corrected chi connectivity index (χ0v) is 24.3. The van der Waals surface area contributed by atoms with E-state index in [0.29, 0.717) is 0 Å². The summed E-state index contributed by atoms with van der Waals surface area (Å²) >= 11 is 0. The molecule has 2 heterocycles. The Balaban J connectivity index is 1.71. The lowest BCUT2D eigenvalue weighted by Gasteiger charge is -2.27. The summed E-state index contributed by atoms with van der Waals surface area (Å²) in [6.45, 7) is 16.2. The van der Waals surface area contributed by atoms with E-state index in [2.05, 4.69) is 121 Å². The number of fused-ring (bicyclic) bond motifs is 5. The van der Waals surface area contributed by atoms with Gasteiger partial charge in [0.15, 0.2) is 6.20 Å². The minimum Gasteiger partial charge on any atom is -0.455 e. The van der Waals surface area contributed by atoms with Crippen molar-refractivity contribution in [3.05, 3.63) is 77.5 Å². The van der Waals surface area contributed by atoms with E-state index in [-0.39, 0.29) is 10.8 Å². The third kappa shape index (κ3) is 4.06. The van der Waals surface area contributed by atoms with Crippen molar-refractivity contribution in [1.29, 1.82) is 0 Å². The predicted octanol–water partition coefficient (Wildman–Crippen LogP) is 9.62. The number of nitrogens with zero attached hydrogens (tertiary/aromatic N) is 1. The molecule has 0 atom stereocenters. The zero-order chi connectivity index (χ0) is 27.0. The average Bonchev–Trinajstić information content (AvgIpc) is 2.84. The van der Waals surface area contributed by atoms with Crippen LogP contribution >= 0.6 is 0 Å². The van der Waals surface area contributed by atoms with Crippen LogP contribution in [0.1, 0.15) is 64.7 Å². The van der Waals surface area contributed by atoms with Crippen molar-refractivity contribution >= 4 is 32.3 Å². The van der Waals surface area contributed by atoms with Gasteiger partial charge in [-0.3, -0.25) is 0 Å². The van der Waals surface area contributed by atoms with Crippen LogP contribution in [0.2, 0.25) is 0 Å². The number of aryl methyl sites for hydroxylation is 3. The highest BCUT2D eigenvalue weighted by Gasteiger charge is 2.34. The van der Waals surface area contributed by atoms with Crippen LogP contribution in [0.15, 0.2) is 60.8 Å². The molecule has 2 nitrogen and oxygen atoms in total. The molecule has 38 heavy (non-hydrogen) atoms. The van der Waals surface area contributed by atoms with Crippen LogP contribution in [0.4, 0.5) is 0 Å².